The molecule has 0 saturated carbocycles. The molecule has 0 radical (unpaired) electrons. The van der Waals surface area contributed by atoms with Crippen LogP contribution in [0.4, 0.5) is 5.69 Å². The first kappa shape index (κ1) is 29.9. The molecule has 0 amide bonds. The molecule has 5 rings (SSSR count). The normalized spacial score (nSPS) is 23.4. The Hall–Kier alpha value is -2.03. The van der Waals surface area contributed by atoms with Gasteiger partial charge in [0.15, 0.2) is 0 Å². The van der Waals surface area contributed by atoms with Crippen LogP contribution in [-0.2, 0) is 17.7 Å². The van der Waals surface area contributed by atoms with E-state index in [1.165, 1.54) is 68.8 Å². The molecule has 3 heterocycles. The molecule has 39 heavy (non-hydrogen) atoms. The molecule has 2 unspecified atom stereocenters. The number of aliphatic imine (C=N–C) groups is 1. The number of rotatable bonds is 9. The molecule has 216 valence electrons. The highest BCUT2D eigenvalue weighted by Crippen LogP contribution is 2.29. The van der Waals surface area contributed by atoms with E-state index >= 15 is 0 Å². The lowest BCUT2D eigenvalue weighted by Crippen LogP contribution is -2.50. The molecule has 1 aromatic carbocycles. The molecule has 3 aliphatic heterocycles. The predicted molar refractivity (Wildman–Crippen MR) is 165 cm³/mol. The van der Waals surface area contributed by atoms with Crippen LogP contribution >= 0.6 is 0 Å². The van der Waals surface area contributed by atoms with E-state index in [0.717, 1.165) is 64.4 Å². The van der Waals surface area contributed by atoms with Gasteiger partial charge in [-0.3, -0.25) is 4.99 Å². The lowest BCUT2D eigenvalue weighted by atomic mass is 9.90. The first-order valence-corrected chi connectivity index (χ1v) is 15.2. The molecule has 0 spiro atoms. The quantitative estimate of drug-likeness (QED) is 0.369. The van der Waals surface area contributed by atoms with Crippen molar-refractivity contribution in [1.29, 1.82) is 0 Å². The Morgan fingerprint density at radius 3 is 2.62 bits per heavy atom. The molecular weight excluding hydrogens is 484 g/mol. The highest BCUT2D eigenvalue weighted by atomic mass is 16.5. The SMILES string of the molecule is C=CC1=C(N=C)CCCC1.CC(NCCCN1CCN(C)CC1)C1Cc2c(cccc2N2CCOCC2)CN1. The van der Waals surface area contributed by atoms with Gasteiger partial charge in [-0.2, -0.15) is 0 Å². The fraction of sp³-hybridized carbons (Fsp3) is 0.656. The summed E-state index contributed by atoms with van der Waals surface area (Å²) in [6.45, 7) is 21.5. The number of hydrogen-bond donors (Lipinski definition) is 2. The zero-order valence-corrected chi connectivity index (χ0v) is 24.6. The summed E-state index contributed by atoms with van der Waals surface area (Å²) in [6.07, 6.45) is 9.00. The third kappa shape index (κ3) is 8.73. The number of piperazine rings is 1. The van der Waals surface area contributed by atoms with Crippen molar-refractivity contribution in [2.45, 2.75) is 64.1 Å². The molecule has 2 N–H and O–H groups in total. The van der Waals surface area contributed by atoms with Crippen molar-refractivity contribution < 1.29 is 4.74 Å². The summed E-state index contributed by atoms with van der Waals surface area (Å²) < 4.78 is 5.56. The largest absolute Gasteiger partial charge is 0.378 e. The highest BCUT2D eigenvalue weighted by molar-refractivity contribution is 5.58. The number of nitrogens with one attached hydrogen (secondary N) is 2. The summed E-state index contributed by atoms with van der Waals surface area (Å²) in [4.78, 5) is 11.5. The van der Waals surface area contributed by atoms with Crippen LogP contribution in [0.5, 0.6) is 0 Å². The minimum absolute atomic E-state index is 0.480. The Morgan fingerprint density at radius 2 is 1.90 bits per heavy atom. The Labute approximate surface area is 237 Å². The van der Waals surface area contributed by atoms with Gasteiger partial charge in [0, 0.05) is 69.3 Å². The average molecular weight is 537 g/mol. The first-order valence-electron chi connectivity index (χ1n) is 15.2. The standard InChI is InChI=1S/C23H39N5O.C9H13N/c1-19(24-7-4-8-27-11-9-26(2)10-12-27)22-17-21-20(18-25-22)5-3-6-23(21)28-13-15-29-16-14-28;1-3-8-6-4-5-7-9(8)10-2/h3,5-6,19,22,24-25H,4,7-18H2,1-2H3;3H,1-2,4-7H2. The second-order valence-electron chi connectivity index (χ2n) is 11.5. The topological polar surface area (TPSA) is 55.4 Å². The minimum Gasteiger partial charge on any atom is -0.378 e. The van der Waals surface area contributed by atoms with Crippen molar-refractivity contribution in [2.75, 3.05) is 77.5 Å². The fourth-order valence-corrected chi connectivity index (χ4v) is 6.17. The van der Waals surface area contributed by atoms with Crippen LogP contribution in [0.15, 0.2) is 47.1 Å². The van der Waals surface area contributed by atoms with Gasteiger partial charge in [0.05, 0.1) is 13.2 Å². The number of ether oxygens (including phenoxy) is 1. The van der Waals surface area contributed by atoms with Crippen LogP contribution in [0.25, 0.3) is 0 Å². The molecule has 2 atom stereocenters. The average Bonchev–Trinajstić information content (AvgIpc) is 3.00. The number of nitrogens with zero attached hydrogens (tertiary/aromatic N) is 4. The lowest BCUT2D eigenvalue weighted by Gasteiger charge is -2.36. The maximum absolute atomic E-state index is 5.56. The summed E-state index contributed by atoms with van der Waals surface area (Å²) in [5.41, 5.74) is 6.89. The Bertz CT molecular complexity index is 928. The molecule has 4 aliphatic rings. The van der Waals surface area contributed by atoms with E-state index in [0.29, 0.717) is 12.1 Å². The molecule has 2 saturated heterocycles. The zero-order chi connectivity index (χ0) is 27.5. The van der Waals surface area contributed by atoms with Crippen LogP contribution in [0.1, 0.15) is 50.2 Å². The van der Waals surface area contributed by atoms with Gasteiger partial charge in [0.2, 0.25) is 0 Å². The fourth-order valence-electron chi connectivity index (χ4n) is 6.17. The van der Waals surface area contributed by atoms with E-state index in [4.69, 9.17) is 4.74 Å². The number of anilines is 1. The van der Waals surface area contributed by atoms with Gasteiger partial charge >= 0.3 is 0 Å². The number of benzene rings is 1. The molecule has 1 aliphatic carbocycles. The van der Waals surface area contributed by atoms with E-state index < -0.39 is 0 Å². The van der Waals surface area contributed by atoms with Gasteiger partial charge in [-0.25, -0.2) is 0 Å². The van der Waals surface area contributed by atoms with Crippen LogP contribution in [0.2, 0.25) is 0 Å². The van der Waals surface area contributed by atoms with E-state index in [1.807, 2.05) is 6.08 Å². The molecule has 0 bridgehead atoms. The minimum atomic E-state index is 0.480. The lowest BCUT2D eigenvalue weighted by molar-refractivity contribution is 0.122. The maximum atomic E-state index is 5.56. The molecule has 2 fully saturated rings. The summed E-state index contributed by atoms with van der Waals surface area (Å²) in [7, 11) is 2.22. The Balaban J connectivity index is 0.000000298. The summed E-state index contributed by atoms with van der Waals surface area (Å²) >= 11 is 0. The number of likely N-dealkylation sites (N-methyl/N-ethyl adjacent to an activating group) is 1. The van der Waals surface area contributed by atoms with Gasteiger partial charge < -0.3 is 30.1 Å². The summed E-state index contributed by atoms with van der Waals surface area (Å²) in [6, 6.07) is 7.78. The van der Waals surface area contributed by atoms with Crippen molar-refractivity contribution >= 4 is 12.4 Å². The Morgan fingerprint density at radius 1 is 1.13 bits per heavy atom. The second-order valence-corrected chi connectivity index (χ2v) is 11.5. The maximum Gasteiger partial charge on any atom is 0.0642 e. The highest BCUT2D eigenvalue weighted by Gasteiger charge is 2.26. The monoisotopic (exact) mass is 536 g/mol. The van der Waals surface area contributed by atoms with Gasteiger partial charge in [-0.1, -0.05) is 24.8 Å². The number of fused-ring (bicyclic) bond motifs is 1. The zero-order valence-electron chi connectivity index (χ0n) is 24.6. The molecule has 7 nitrogen and oxygen atoms in total. The van der Waals surface area contributed by atoms with E-state index in [9.17, 15) is 0 Å². The number of morpholine rings is 1. The third-order valence-corrected chi connectivity index (χ3v) is 8.81. The van der Waals surface area contributed by atoms with Crippen molar-refractivity contribution in [2.24, 2.45) is 4.99 Å². The van der Waals surface area contributed by atoms with Crippen LogP contribution in [0, 0.1) is 0 Å². The van der Waals surface area contributed by atoms with Crippen molar-refractivity contribution in [3.8, 4) is 0 Å². The molecule has 1 aromatic rings. The summed E-state index contributed by atoms with van der Waals surface area (Å²) in [5, 5.41) is 7.58. The number of hydrogen-bond acceptors (Lipinski definition) is 7. The third-order valence-electron chi connectivity index (χ3n) is 8.81. The van der Waals surface area contributed by atoms with E-state index in [2.05, 4.69) is 75.8 Å². The van der Waals surface area contributed by atoms with Crippen molar-refractivity contribution in [3.63, 3.8) is 0 Å². The van der Waals surface area contributed by atoms with E-state index in [1.54, 1.807) is 5.56 Å². The van der Waals surface area contributed by atoms with Gasteiger partial charge in [0.25, 0.3) is 0 Å². The van der Waals surface area contributed by atoms with E-state index in [-0.39, 0.29) is 0 Å². The van der Waals surface area contributed by atoms with Crippen LogP contribution in [0.3, 0.4) is 0 Å². The molecular formula is C32H52N6O. The van der Waals surface area contributed by atoms with Gasteiger partial charge in [0.1, 0.15) is 0 Å². The Kier molecular flexibility index (Phi) is 12.0. The smallest absolute Gasteiger partial charge is 0.0642 e. The number of allylic oxidation sites excluding steroid dienone is 3. The van der Waals surface area contributed by atoms with Gasteiger partial charge in [-0.05, 0) is 95.1 Å². The predicted octanol–water partition coefficient (Wildman–Crippen LogP) is 3.85. The summed E-state index contributed by atoms with van der Waals surface area (Å²) in [5.74, 6) is 0. The second kappa shape index (κ2) is 15.7. The van der Waals surface area contributed by atoms with Gasteiger partial charge in [-0.15, -0.1) is 0 Å². The molecule has 7 heteroatoms. The van der Waals surface area contributed by atoms with Crippen molar-refractivity contribution in [1.82, 2.24) is 20.4 Å². The van der Waals surface area contributed by atoms with Crippen molar-refractivity contribution in [3.05, 3.63) is 53.3 Å². The van der Waals surface area contributed by atoms with Crippen LogP contribution in [-0.4, -0.2) is 101 Å². The van der Waals surface area contributed by atoms with Crippen LogP contribution < -0.4 is 15.5 Å². The molecule has 0 aromatic heterocycles. The first-order chi connectivity index (χ1) is 19.1.